The van der Waals surface area contributed by atoms with Crippen molar-refractivity contribution < 1.29 is 14.7 Å². The molecule has 102 valence electrons. The molecule has 5 nitrogen and oxygen atoms in total. The highest BCUT2D eigenvalue weighted by atomic mass is 16.4. The van der Waals surface area contributed by atoms with Gasteiger partial charge in [-0.3, -0.25) is 9.59 Å². The van der Waals surface area contributed by atoms with Crippen LogP contribution in [0.5, 0.6) is 0 Å². The first-order valence-electron chi connectivity index (χ1n) is 6.88. The fourth-order valence-electron chi connectivity index (χ4n) is 2.48. The summed E-state index contributed by atoms with van der Waals surface area (Å²) >= 11 is 0. The Morgan fingerprint density at radius 3 is 2.61 bits per heavy atom. The number of hydrogen-bond acceptors (Lipinski definition) is 3. The van der Waals surface area contributed by atoms with Crippen LogP contribution in [0, 0.1) is 11.8 Å². The Kier molecular flexibility index (Phi) is 4.58. The van der Waals surface area contributed by atoms with E-state index in [0.717, 1.165) is 25.8 Å². The normalized spacial score (nSPS) is 27.8. The number of aliphatic carboxylic acids is 1. The summed E-state index contributed by atoms with van der Waals surface area (Å²) in [5.41, 5.74) is 0. The first kappa shape index (κ1) is 13.3. The van der Waals surface area contributed by atoms with Gasteiger partial charge in [0.25, 0.3) is 0 Å². The minimum atomic E-state index is -0.709. The standard InChI is InChI=1S/C13H22N2O3/c16-12(15-7-9-4-5-9)8-14-11-3-1-2-10(6-11)13(17)18/h9-11,14H,1-8H2,(H,15,16)(H,17,18). The van der Waals surface area contributed by atoms with Gasteiger partial charge in [-0.25, -0.2) is 0 Å². The zero-order valence-electron chi connectivity index (χ0n) is 10.7. The van der Waals surface area contributed by atoms with E-state index in [9.17, 15) is 9.59 Å². The number of nitrogens with one attached hydrogen (secondary N) is 2. The van der Waals surface area contributed by atoms with Crippen LogP contribution < -0.4 is 10.6 Å². The van der Waals surface area contributed by atoms with Gasteiger partial charge >= 0.3 is 5.97 Å². The molecule has 0 heterocycles. The topological polar surface area (TPSA) is 78.4 Å². The molecule has 2 atom stereocenters. The summed E-state index contributed by atoms with van der Waals surface area (Å²) in [7, 11) is 0. The number of carboxylic acid groups (broad SMARTS) is 1. The van der Waals surface area contributed by atoms with Crippen molar-refractivity contribution in [3.63, 3.8) is 0 Å². The van der Waals surface area contributed by atoms with Crippen LogP contribution >= 0.6 is 0 Å². The number of carboxylic acids is 1. The second-order valence-electron chi connectivity index (χ2n) is 5.53. The lowest BCUT2D eigenvalue weighted by Gasteiger charge is -2.27. The zero-order chi connectivity index (χ0) is 13.0. The maximum absolute atomic E-state index is 11.5. The van der Waals surface area contributed by atoms with Crippen molar-refractivity contribution >= 4 is 11.9 Å². The van der Waals surface area contributed by atoms with Crippen LogP contribution in [0.1, 0.15) is 38.5 Å². The molecule has 2 aliphatic rings. The fraction of sp³-hybridized carbons (Fsp3) is 0.846. The minimum Gasteiger partial charge on any atom is -0.481 e. The van der Waals surface area contributed by atoms with Crippen molar-refractivity contribution in [3.05, 3.63) is 0 Å². The summed E-state index contributed by atoms with van der Waals surface area (Å²) in [5, 5.41) is 15.1. The summed E-state index contributed by atoms with van der Waals surface area (Å²) in [4.78, 5) is 22.5. The molecule has 0 spiro atoms. The summed E-state index contributed by atoms with van der Waals surface area (Å²) in [6, 6.07) is 0.173. The molecule has 0 saturated heterocycles. The summed E-state index contributed by atoms with van der Waals surface area (Å²) in [5.74, 6) is -0.232. The van der Waals surface area contributed by atoms with Crippen molar-refractivity contribution in [3.8, 4) is 0 Å². The van der Waals surface area contributed by atoms with E-state index < -0.39 is 5.97 Å². The molecule has 5 heteroatoms. The molecule has 2 unspecified atom stereocenters. The third-order valence-electron chi connectivity index (χ3n) is 3.86. The largest absolute Gasteiger partial charge is 0.481 e. The van der Waals surface area contributed by atoms with E-state index in [4.69, 9.17) is 5.11 Å². The number of carbonyl (C=O) groups excluding carboxylic acids is 1. The van der Waals surface area contributed by atoms with Crippen molar-refractivity contribution in [2.75, 3.05) is 13.1 Å². The molecule has 2 saturated carbocycles. The maximum Gasteiger partial charge on any atom is 0.306 e. The Balaban J connectivity index is 1.62. The Hall–Kier alpha value is -1.10. The highest BCUT2D eigenvalue weighted by molar-refractivity contribution is 5.78. The molecule has 0 bridgehead atoms. The molecule has 2 fully saturated rings. The van der Waals surface area contributed by atoms with Gasteiger partial charge in [-0.05, 0) is 38.0 Å². The van der Waals surface area contributed by atoms with Gasteiger partial charge < -0.3 is 15.7 Å². The highest BCUT2D eigenvalue weighted by Gasteiger charge is 2.27. The summed E-state index contributed by atoms with van der Waals surface area (Å²) in [6.45, 7) is 1.10. The lowest BCUT2D eigenvalue weighted by atomic mass is 9.86. The van der Waals surface area contributed by atoms with Crippen LogP contribution in [0.3, 0.4) is 0 Å². The Morgan fingerprint density at radius 1 is 1.17 bits per heavy atom. The lowest BCUT2D eigenvalue weighted by Crippen LogP contribution is -2.42. The molecule has 0 aliphatic heterocycles. The average molecular weight is 254 g/mol. The highest BCUT2D eigenvalue weighted by Crippen LogP contribution is 2.27. The van der Waals surface area contributed by atoms with Crippen molar-refractivity contribution in [2.45, 2.75) is 44.6 Å². The number of amides is 1. The van der Waals surface area contributed by atoms with E-state index in [1.807, 2.05) is 0 Å². The van der Waals surface area contributed by atoms with E-state index in [1.165, 1.54) is 12.8 Å². The Bertz CT molecular complexity index is 315. The average Bonchev–Trinajstić information content (AvgIpc) is 3.18. The van der Waals surface area contributed by atoms with Crippen LogP contribution in [0.25, 0.3) is 0 Å². The molecule has 0 aromatic rings. The third kappa shape index (κ3) is 4.29. The van der Waals surface area contributed by atoms with E-state index in [1.54, 1.807) is 0 Å². The minimum absolute atomic E-state index is 0.0272. The van der Waals surface area contributed by atoms with Crippen molar-refractivity contribution in [2.24, 2.45) is 11.8 Å². The SMILES string of the molecule is O=C(CNC1CCCC(C(=O)O)C1)NCC1CC1. The van der Waals surface area contributed by atoms with Crippen molar-refractivity contribution in [1.82, 2.24) is 10.6 Å². The van der Waals surface area contributed by atoms with Gasteiger partial charge in [-0.1, -0.05) is 6.42 Å². The summed E-state index contributed by atoms with van der Waals surface area (Å²) in [6.07, 6.45) is 5.78. The predicted octanol–water partition coefficient (Wildman–Crippen LogP) is 0.746. The molecular weight excluding hydrogens is 232 g/mol. The molecule has 18 heavy (non-hydrogen) atoms. The molecule has 0 aromatic carbocycles. The smallest absolute Gasteiger partial charge is 0.306 e. The fourth-order valence-corrected chi connectivity index (χ4v) is 2.48. The predicted molar refractivity (Wildman–Crippen MR) is 67.1 cm³/mol. The van der Waals surface area contributed by atoms with Gasteiger partial charge in [0.1, 0.15) is 0 Å². The van der Waals surface area contributed by atoms with Gasteiger partial charge in [0.15, 0.2) is 0 Å². The zero-order valence-corrected chi connectivity index (χ0v) is 10.7. The Labute approximate surface area is 107 Å². The van der Waals surface area contributed by atoms with Crippen molar-refractivity contribution in [1.29, 1.82) is 0 Å². The molecule has 2 rings (SSSR count). The quantitative estimate of drug-likeness (QED) is 0.653. The van der Waals surface area contributed by atoms with Gasteiger partial charge in [0, 0.05) is 12.6 Å². The van der Waals surface area contributed by atoms with Crippen LogP contribution in [-0.2, 0) is 9.59 Å². The van der Waals surface area contributed by atoms with Gasteiger partial charge in [-0.15, -0.1) is 0 Å². The molecule has 2 aliphatic carbocycles. The third-order valence-corrected chi connectivity index (χ3v) is 3.86. The molecule has 0 radical (unpaired) electrons. The molecule has 0 aromatic heterocycles. The van der Waals surface area contributed by atoms with Gasteiger partial charge in [0.05, 0.1) is 12.5 Å². The van der Waals surface area contributed by atoms with E-state index in [0.29, 0.717) is 18.9 Å². The molecular formula is C13H22N2O3. The number of carbonyl (C=O) groups is 2. The second-order valence-corrected chi connectivity index (χ2v) is 5.53. The van der Waals surface area contributed by atoms with Gasteiger partial charge in [0.2, 0.25) is 5.91 Å². The first-order chi connectivity index (χ1) is 8.65. The Morgan fingerprint density at radius 2 is 1.94 bits per heavy atom. The first-order valence-corrected chi connectivity index (χ1v) is 6.88. The summed E-state index contributed by atoms with van der Waals surface area (Å²) < 4.78 is 0. The second kappa shape index (κ2) is 6.18. The lowest BCUT2D eigenvalue weighted by molar-refractivity contribution is -0.143. The van der Waals surface area contributed by atoms with Crippen LogP contribution in [0.15, 0.2) is 0 Å². The van der Waals surface area contributed by atoms with E-state index in [2.05, 4.69) is 10.6 Å². The van der Waals surface area contributed by atoms with Gasteiger partial charge in [-0.2, -0.15) is 0 Å². The van der Waals surface area contributed by atoms with Crippen LogP contribution in [0.2, 0.25) is 0 Å². The number of hydrogen-bond donors (Lipinski definition) is 3. The molecule has 1 amide bonds. The van der Waals surface area contributed by atoms with E-state index >= 15 is 0 Å². The maximum atomic E-state index is 11.5. The van der Waals surface area contributed by atoms with Crippen LogP contribution in [0.4, 0.5) is 0 Å². The molecule has 3 N–H and O–H groups in total. The van der Waals surface area contributed by atoms with E-state index in [-0.39, 0.29) is 17.9 Å². The number of rotatable bonds is 6. The van der Waals surface area contributed by atoms with Crippen LogP contribution in [-0.4, -0.2) is 36.1 Å². The monoisotopic (exact) mass is 254 g/mol.